The number of ether oxygens (including phenoxy) is 1. The van der Waals surface area contributed by atoms with E-state index in [1.807, 2.05) is 0 Å². The van der Waals surface area contributed by atoms with Gasteiger partial charge in [-0.1, -0.05) is 5.21 Å². The minimum atomic E-state index is -1.23. The fourth-order valence-electron chi connectivity index (χ4n) is 2.16. The second kappa shape index (κ2) is 6.65. The first-order valence-electron chi connectivity index (χ1n) is 7.41. The summed E-state index contributed by atoms with van der Waals surface area (Å²) in [6.45, 7) is -0.234. The molecule has 1 fully saturated rings. The van der Waals surface area contributed by atoms with E-state index in [1.165, 1.54) is 12.1 Å². The van der Waals surface area contributed by atoms with Crippen molar-refractivity contribution in [2.24, 2.45) is 0 Å². The van der Waals surface area contributed by atoms with Crippen LogP contribution in [0.2, 0.25) is 0 Å². The molecule has 1 aromatic heterocycles. The maximum Gasteiger partial charge on any atom is 0.358 e. The summed E-state index contributed by atoms with van der Waals surface area (Å²) in [5.41, 5.74) is 0.0170. The van der Waals surface area contributed by atoms with Crippen molar-refractivity contribution in [1.29, 1.82) is 0 Å². The van der Waals surface area contributed by atoms with E-state index in [4.69, 9.17) is 9.84 Å². The zero-order valence-electron chi connectivity index (χ0n) is 12.6. The van der Waals surface area contributed by atoms with Gasteiger partial charge in [0.15, 0.2) is 17.3 Å². The molecule has 0 aliphatic heterocycles. The minimum absolute atomic E-state index is 0.0655. The van der Waals surface area contributed by atoms with Crippen molar-refractivity contribution in [3.05, 3.63) is 35.9 Å². The van der Waals surface area contributed by atoms with Crippen LogP contribution in [0.15, 0.2) is 24.4 Å². The predicted molar refractivity (Wildman–Crippen MR) is 80.3 cm³/mol. The largest absolute Gasteiger partial charge is 0.487 e. The molecule has 9 heteroatoms. The van der Waals surface area contributed by atoms with Crippen LogP contribution in [0, 0.1) is 5.82 Å². The number of rotatable bonds is 6. The van der Waals surface area contributed by atoms with Gasteiger partial charge in [-0.2, -0.15) is 0 Å². The normalized spacial score (nSPS) is 14.0. The van der Waals surface area contributed by atoms with E-state index >= 15 is 0 Å². The van der Waals surface area contributed by atoms with E-state index in [9.17, 15) is 14.0 Å². The van der Waals surface area contributed by atoms with Gasteiger partial charge in [0.2, 0.25) is 5.91 Å². The number of benzene rings is 1. The number of aromatic carboxylic acids is 1. The standard InChI is InChI=1S/C15H15FN4O4/c16-11-6-9(4-5-13(11)24-10-2-1-3-10)17-14(21)8-20-7-12(15(22)23)18-19-20/h4-7,10H,1-3,8H2,(H,17,21)(H,22,23). The molecule has 1 heterocycles. The summed E-state index contributed by atoms with van der Waals surface area (Å²) >= 11 is 0. The molecule has 1 saturated carbocycles. The number of carbonyl (C=O) groups is 2. The van der Waals surface area contributed by atoms with Crippen LogP contribution in [0.1, 0.15) is 29.8 Å². The predicted octanol–water partition coefficient (Wildman–Crippen LogP) is 1.69. The molecule has 0 atom stereocenters. The first kappa shape index (κ1) is 15.9. The zero-order valence-corrected chi connectivity index (χ0v) is 12.6. The van der Waals surface area contributed by atoms with Crippen molar-refractivity contribution < 1.29 is 23.8 Å². The summed E-state index contributed by atoms with van der Waals surface area (Å²) in [6, 6.07) is 4.19. The number of anilines is 1. The molecular formula is C15H15FN4O4. The van der Waals surface area contributed by atoms with Crippen molar-refractivity contribution in [3.63, 3.8) is 0 Å². The summed E-state index contributed by atoms with van der Waals surface area (Å²) in [5.74, 6) is -2.09. The molecule has 0 spiro atoms. The smallest absolute Gasteiger partial charge is 0.358 e. The van der Waals surface area contributed by atoms with Gasteiger partial charge in [-0.25, -0.2) is 13.9 Å². The fourth-order valence-corrected chi connectivity index (χ4v) is 2.16. The SMILES string of the molecule is O=C(Cn1cc(C(=O)O)nn1)Nc1ccc(OC2CCC2)c(F)c1. The lowest BCUT2D eigenvalue weighted by atomic mass is 9.96. The molecule has 0 radical (unpaired) electrons. The lowest BCUT2D eigenvalue weighted by molar-refractivity contribution is -0.116. The Morgan fingerprint density at radius 3 is 2.79 bits per heavy atom. The molecule has 3 rings (SSSR count). The van der Waals surface area contributed by atoms with Crippen LogP contribution in [0.4, 0.5) is 10.1 Å². The summed E-state index contributed by atoms with van der Waals surface area (Å²) in [5, 5.41) is 18.2. The molecule has 2 N–H and O–H groups in total. The van der Waals surface area contributed by atoms with Crippen molar-refractivity contribution >= 4 is 17.6 Å². The lowest BCUT2D eigenvalue weighted by Gasteiger charge is -2.26. The Bertz CT molecular complexity index is 773. The Balaban J connectivity index is 1.59. The summed E-state index contributed by atoms with van der Waals surface area (Å²) in [6.07, 6.45) is 4.14. The lowest BCUT2D eigenvalue weighted by Crippen LogP contribution is -2.25. The van der Waals surface area contributed by atoms with Crippen LogP contribution in [-0.2, 0) is 11.3 Å². The molecule has 8 nitrogen and oxygen atoms in total. The number of carboxylic acid groups (broad SMARTS) is 1. The number of carbonyl (C=O) groups excluding carboxylic acids is 1. The van der Waals surface area contributed by atoms with Crippen LogP contribution < -0.4 is 10.1 Å². The van der Waals surface area contributed by atoms with Crippen molar-refractivity contribution in [3.8, 4) is 5.75 Å². The number of hydrogen-bond donors (Lipinski definition) is 2. The zero-order chi connectivity index (χ0) is 17.1. The second-order valence-electron chi connectivity index (χ2n) is 5.47. The van der Waals surface area contributed by atoms with Gasteiger partial charge in [-0.15, -0.1) is 5.10 Å². The summed E-state index contributed by atoms with van der Waals surface area (Å²) in [4.78, 5) is 22.6. The van der Waals surface area contributed by atoms with Crippen molar-refractivity contribution in [1.82, 2.24) is 15.0 Å². The number of aromatic nitrogens is 3. The average molecular weight is 334 g/mol. The van der Waals surface area contributed by atoms with Gasteiger partial charge in [0.05, 0.1) is 12.3 Å². The monoisotopic (exact) mass is 334 g/mol. The highest BCUT2D eigenvalue weighted by atomic mass is 19.1. The molecule has 2 aromatic rings. The van der Waals surface area contributed by atoms with E-state index < -0.39 is 17.7 Å². The molecule has 1 aliphatic carbocycles. The molecular weight excluding hydrogens is 319 g/mol. The fraction of sp³-hybridized carbons (Fsp3) is 0.333. The van der Waals surface area contributed by atoms with Crippen LogP contribution in [0.3, 0.4) is 0 Å². The minimum Gasteiger partial charge on any atom is -0.487 e. The molecule has 126 valence electrons. The van der Waals surface area contributed by atoms with E-state index in [0.29, 0.717) is 0 Å². The number of nitrogens with one attached hydrogen (secondary N) is 1. The van der Waals surface area contributed by atoms with Gasteiger partial charge >= 0.3 is 5.97 Å². The van der Waals surface area contributed by atoms with E-state index in [-0.39, 0.29) is 29.8 Å². The summed E-state index contributed by atoms with van der Waals surface area (Å²) in [7, 11) is 0. The number of nitrogens with zero attached hydrogens (tertiary/aromatic N) is 3. The van der Waals surface area contributed by atoms with E-state index in [2.05, 4.69) is 15.6 Å². The number of hydrogen-bond acceptors (Lipinski definition) is 5. The quantitative estimate of drug-likeness (QED) is 0.832. The maximum absolute atomic E-state index is 14.0. The molecule has 1 amide bonds. The Labute approximate surface area is 136 Å². The molecule has 0 bridgehead atoms. The van der Waals surface area contributed by atoms with Crippen LogP contribution >= 0.6 is 0 Å². The first-order valence-corrected chi connectivity index (χ1v) is 7.41. The Kier molecular flexibility index (Phi) is 4.41. The Hall–Kier alpha value is -2.97. The molecule has 1 aliphatic rings. The second-order valence-corrected chi connectivity index (χ2v) is 5.47. The van der Waals surface area contributed by atoms with Crippen LogP contribution in [0.5, 0.6) is 5.75 Å². The highest BCUT2D eigenvalue weighted by Crippen LogP contribution is 2.28. The van der Waals surface area contributed by atoms with Gasteiger partial charge in [-0.05, 0) is 31.4 Å². The molecule has 0 saturated heterocycles. The number of amides is 1. The highest BCUT2D eigenvalue weighted by Gasteiger charge is 2.20. The molecule has 1 aromatic carbocycles. The van der Waals surface area contributed by atoms with Crippen molar-refractivity contribution in [2.75, 3.05) is 5.32 Å². The number of carboxylic acids is 1. The van der Waals surface area contributed by atoms with Crippen LogP contribution in [-0.4, -0.2) is 38.1 Å². The topological polar surface area (TPSA) is 106 Å². The van der Waals surface area contributed by atoms with E-state index in [1.54, 1.807) is 6.07 Å². The van der Waals surface area contributed by atoms with Gasteiger partial charge in [0.25, 0.3) is 0 Å². The average Bonchev–Trinajstić information content (AvgIpc) is 2.93. The first-order chi connectivity index (χ1) is 11.5. The van der Waals surface area contributed by atoms with Gasteiger partial charge < -0.3 is 15.2 Å². The number of halogens is 1. The third-order valence-electron chi connectivity index (χ3n) is 3.62. The Morgan fingerprint density at radius 1 is 1.42 bits per heavy atom. The van der Waals surface area contributed by atoms with Gasteiger partial charge in [0, 0.05) is 11.8 Å². The molecule has 24 heavy (non-hydrogen) atoms. The summed E-state index contributed by atoms with van der Waals surface area (Å²) < 4.78 is 20.6. The third-order valence-corrected chi connectivity index (χ3v) is 3.62. The van der Waals surface area contributed by atoms with Gasteiger partial charge in [0.1, 0.15) is 6.54 Å². The molecule has 0 unspecified atom stereocenters. The van der Waals surface area contributed by atoms with Crippen LogP contribution in [0.25, 0.3) is 0 Å². The maximum atomic E-state index is 14.0. The Morgan fingerprint density at radius 2 is 2.21 bits per heavy atom. The third kappa shape index (κ3) is 3.67. The highest BCUT2D eigenvalue weighted by molar-refractivity contribution is 5.90. The van der Waals surface area contributed by atoms with Gasteiger partial charge in [-0.3, -0.25) is 4.79 Å². The van der Waals surface area contributed by atoms with Crippen molar-refractivity contribution in [2.45, 2.75) is 31.9 Å². The van der Waals surface area contributed by atoms with E-state index in [0.717, 1.165) is 30.1 Å².